The fraction of sp³-hybridized carbons (Fsp3) is 0.462. The van der Waals surface area contributed by atoms with Crippen molar-refractivity contribution in [2.45, 2.75) is 17.4 Å². The van der Waals surface area contributed by atoms with Crippen LogP contribution < -0.4 is 15.8 Å². The predicted octanol–water partition coefficient (Wildman–Crippen LogP) is 0.0983. The van der Waals surface area contributed by atoms with Gasteiger partial charge in [0.25, 0.3) is 0 Å². The van der Waals surface area contributed by atoms with Crippen LogP contribution >= 0.6 is 11.6 Å². The Morgan fingerprint density at radius 2 is 2.14 bits per heavy atom. The molecule has 1 aromatic carbocycles. The lowest BCUT2D eigenvalue weighted by Gasteiger charge is -2.13. The van der Waals surface area contributed by atoms with Gasteiger partial charge in [0.05, 0.1) is 17.4 Å². The molecule has 0 heterocycles. The quantitative estimate of drug-likeness (QED) is 0.547. The van der Waals surface area contributed by atoms with E-state index in [9.17, 15) is 13.2 Å². The number of benzene rings is 1. The molecule has 0 aromatic heterocycles. The van der Waals surface area contributed by atoms with Crippen LogP contribution in [0.3, 0.4) is 0 Å². The fourth-order valence-corrected chi connectivity index (χ4v) is 2.98. The number of nitrogens with one attached hydrogen (secondary N) is 2. The summed E-state index contributed by atoms with van der Waals surface area (Å²) in [6.07, 6.45) is -0.211. The lowest BCUT2D eigenvalue weighted by Crippen LogP contribution is -2.37. The van der Waals surface area contributed by atoms with Crippen molar-refractivity contribution in [1.82, 2.24) is 10.0 Å². The maximum Gasteiger partial charge on any atom is 0.240 e. The van der Waals surface area contributed by atoms with Gasteiger partial charge in [0.2, 0.25) is 15.9 Å². The van der Waals surface area contributed by atoms with Crippen LogP contribution in [-0.2, 0) is 19.6 Å². The monoisotopic (exact) mass is 349 g/mol. The van der Waals surface area contributed by atoms with Gasteiger partial charge in [0.1, 0.15) is 0 Å². The Labute approximate surface area is 135 Å². The molecule has 0 aliphatic carbocycles. The van der Waals surface area contributed by atoms with Crippen LogP contribution in [0.4, 0.5) is 0 Å². The summed E-state index contributed by atoms with van der Waals surface area (Å²) >= 11 is 5.76. The molecule has 1 amide bonds. The summed E-state index contributed by atoms with van der Waals surface area (Å²) in [5.41, 5.74) is 5.41. The number of carbonyl (C=O) groups is 1. The number of amides is 1. The molecule has 0 spiro atoms. The van der Waals surface area contributed by atoms with Gasteiger partial charge in [-0.15, -0.1) is 0 Å². The minimum Gasteiger partial charge on any atom is -0.380 e. The second-order valence-electron chi connectivity index (χ2n) is 4.50. The van der Waals surface area contributed by atoms with E-state index in [1.165, 1.54) is 19.2 Å². The summed E-state index contributed by atoms with van der Waals surface area (Å²) in [5, 5.41) is 2.93. The highest BCUT2D eigenvalue weighted by atomic mass is 35.5. The molecule has 1 unspecified atom stereocenters. The molecule has 0 bridgehead atoms. The highest BCUT2D eigenvalue weighted by molar-refractivity contribution is 7.89. The average molecular weight is 350 g/mol. The van der Waals surface area contributed by atoms with Crippen molar-refractivity contribution in [3.05, 3.63) is 29.3 Å². The second kappa shape index (κ2) is 9.06. The molecule has 1 rings (SSSR count). The molecular formula is C13H20ClN3O4S. The Bertz CT molecular complexity index is 591. The molecular weight excluding hydrogens is 330 g/mol. The van der Waals surface area contributed by atoms with E-state index in [-0.39, 0.29) is 43.0 Å². The number of carbonyl (C=O) groups excluding carboxylic acids is 1. The highest BCUT2D eigenvalue weighted by Gasteiger charge is 2.14. The Balaban J connectivity index is 2.39. The van der Waals surface area contributed by atoms with Crippen molar-refractivity contribution in [1.29, 1.82) is 0 Å². The smallest absolute Gasteiger partial charge is 0.240 e. The van der Waals surface area contributed by atoms with Crippen molar-refractivity contribution in [3.63, 3.8) is 0 Å². The molecule has 0 saturated heterocycles. The Hall–Kier alpha value is -1.19. The number of nitrogens with two attached hydrogens (primary N) is 1. The van der Waals surface area contributed by atoms with E-state index in [1.54, 1.807) is 12.1 Å². The third-order valence-electron chi connectivity index (χ3n) is 2.85. The van der Waals surface area contributed by atoms with Gasteiger partial charge in [-0.25, -0.2) is 13.1 Å². The molecule has 1 atom stereocenters. The zero-order chi connectivity index (χ0) is 16.6. The zero-order valence-corrected chi connectivity index (χ0v) is 13.8. The maximum atomic E-state index is 12.0. The topological polar surface area (TPSA) is 111 Å². The summed E-state index contributed by atoms with van der Waals surface area (Å²) in [7, 11) is -2.17. The molecule has 7 nitrogen and oxygen atoms in total. The van der Waals surface area contributed by atoms with Crippen LogP contribution in [0.1, 0.15) is 6.42 Å². The van der Waals surface area contributed by atoms with Crippen LogP contribution in [-0.4, -0.2) is 47.2 Å². The van der Waals surface area contributed by atoms with Crippen LogP contribution in [0.5, 0.6) is 0 Å². The third-order valence-corrected chi connectivity index (χ3v) is 4.55. The predicted molar refractivity (Wildman–Crippen MR) is 84.1 cm³/mol. The number of rotatable bonds is 9. The summed E-state index contributed by atoms with van der Waals surface area (Å²) in [5.74, 6) is -0.251. The van der Waals surface area contributed by atoms with E-state index in [0.29, 0.717) is 5.02 Å². The van der Waals surface area contributed by atoms with Gasteiger partial charge in [-0.05, 0) is 18.2 Å². The number of hydrogen-bond acceptors (Lipinski definition) is 5. The molecule has 0 radical (unpaired) electrons. The lowest BCUT2D eigenvalue weighted by molar-refractivity contribution is -0.123. The van der Waals surface area contributed by atoms with E-state index >= 15 is 0 Å². The van der Waals surface area contributed by atoms with Gasteiger partial charge >= 0.3 is 0 Å². The Morgan fingerprint density at radius 1 is 1.41 bits per heavy atom. The van der Waals surface area contributed by atoms with Gasteiger partial charge in [-0.1, -0.05) is 17.7 Å². The number of hydrogen-bond donors (Lipinski definition) is 3. The molecule has 124 valence electrons. The summed E-state index contributed by atoms with van der Waals surface area (Å²) < 4.78 is 31.3. The molecule has 0 saturated carbocycles. The van der Waals surface area contributed by atoms with Crippen LogP contribution in [0.25, 0.3) is 0 Å². The zero-order valence-electron chi connectivity index (χ0n) is 12.2. The van der Waals surface area contributed by atoms with Gasteiger partial charge < -0.3 is 15.8 Å². The standard InChI is InChI=1S/C13H20ClN3O4S/c1-21-11(9-15)8-13(18)16-5-6-17-22(19,20)12-4-2-3-10(14)7-12/h2-4,7,11,17H,5-6,8-9,15H2,1H3,(H,16,18). The SMILES string of the molecule is COC(CN)CC(=O)NCCNS(=O)(=O)c1cccc(Cl)c1. The summed E-state index contributed by atoms with van der Waals surface area (Å²) in [6, 6.07) is 5.94. The third kappa shape index (κ3) is 6.29. The Kier molecular flexibility index (Phi) is 7.77. The molecule has 0 fully saturated rings. The van der Waals surface area contributed by atoms with Crippen LogP contribution in [0.2, 0.25) is 5.02 Å². The molecule has 22 heavy (non-hydrogen) atoms. The van der Waals surface area contributed by atoms with Crippen molar-refractivity contribution < 1.29 is 17.9 Å². The normalized spacial score (nSPS) is 12.9. The number of sulfonamides is 1. The van der Waals surface area contributed by atoms with Crippen molar-refractivity contribution in [3.8, 4) is 0 Å². The van der Waals surface area contributed by atoms with Crippen LogP contribution in [0.15, 0.2) is 29.2 Å². The van der Waals surface area contributed by atoms with Gasteiger partial charge in [0.15, 0.2) is 0 Å². The summed E-state index contributed by atoms with van der Waals surface area (Å²) in [6.45, 7) is 0.478. The van der Waals surface area contributed by atoms with Gasteiger partial charge in [-0.3, -0.25) is 4.79 Å². The number of ether oxygens (including phenoxy) is 1. The fourth-order valence-electron chi connectivity index (χ4n) is 1.65. The first-order chi connectivity index (χ1) is 10.4. The van der Waals surface area contributed by atoms with Gasteiger partial charge in [-0.2, -0.15) is 0 Å². The maximum absolute atomic E-state index is 12.0. The van der Waals surface area contributed by atoms with E-state index < -0.39 is 10.0 Å². The van der Waals surface area contributed by atoms with Crippen LogP contribution in [0, 0.1) is 0 Å². The van der Waals surface area contributed by atoms with Crippen molar-refractivity contribution in [2.24, 2.45) is 5.73 Å². The largest absolute Gasteiger partial charge is 0.380 e. The number of halogens is 1. The molecule has 9 heteroatoms. The minimum atomic E-state index is -3.64. The van der Waals surface area contributed by atoms with E-state index in [4.69, 9.17) is 22.1 Å². The highest BCUT2D eigenvalue weighted by Crippen LogP contribution is 2.14. The second-order valence-corrected chi connectivity index (χ2v) is 6.71. The summed E-state index contributed by atoms with van der Waals surface area (Å²) in [4.78, 5) is 11.6. The lowest BCUT2D eigenvalue weighted by atomic mass is 10.2. The van der Waals surface area contributed by atoms with Crippen molar-refractivity contribution in [2.75, 3.05) is 26.7 Å². The minimum absolute atomic E-state index is 0.0703. The van der Waals surface area contributed by atoms with E-state index in [2.05, 4.69) is 10.0 Å². The van der Waals surface area contributed by atoms with Gasteiger partial charge in [0, 0.05) is 31.8 Å². The first-order valence-corrected chi connectivity index (χ1v) is 8.50. The molecule has 0 aliphatic heterocycles. The first-order valence-electron chi connectivity index (χ1n) is 6.64. The average Bonchev–Trinajstić information content (AvgIpc) is 2.49. The first kappa shape index (κ1) is 18.9. The molecule has 4 N–H and O–H groups in total. The van der Waals surface area contributed by atoms with E-state index in [1.807, 2.05) is 0 Å². The van der Waals surface area contributed by atoms with Crippen molar-refractivity contribution >= 4 is 27.5 Å². The van der Waals surface area contributed by atoms with E-state index in [0.717, 1.165) is 0 Å². The molecule has 0 aliphatic rings. The Morgan fingerprint density at radius 3 is 2.73 bits per heavy atom. The molecule has 1 aromatic rings. The number of methoxy groups -OCH3 is 1.